The van der Waals surface area contributed by atoms with Gasteiger partial charge in [0.05, 0.1) is 10.5 Å². The van der Waals surface area contributed by atoms with Crippen molar-refractivity contribution in [3.8, 4) is 0 Å². The maximum Gasteiger partial charge on any atom is 0.169 e. The van der Waals surface area contributed by atoms with Gasteiger partial charge in [-0.2, -0.15) is 0 Å². The number of furan rings is 1. The summed E-state index contributed by atoms with van der Waals surface area (Å²) >= 11 is 3.25. The summed E-state index contributed by atoms with van der Waals surface area (Å²) in [6, 6.07) is 10.9. The Balaban J connectivity index is 2.14. The van der Waals surface area contributed by atoms with Crippen molar-refractivity contribution in [2.75, 3.05) is 7.05 Å². The summed E-state index contributed by atoms with van der Waals surface area (Å²) in [5.74, 6) is -0.231. The molecule has 21 heavy (non-hydrogen) atoms. The molecule has 2 aromatic carbocycles. The smallest absolute Gasteiger partial charge is 0.169 e. The van der Waals surface area contributed by atoms with Crippen molar-refractivity contribution in [2.45, 2.75) is 6.04 Å². The lowest BCUT2D eigenvalue weighted by Gasteiger charge is -2.16. The lowest BCUT2D eigenvalue weighted by molar-refractivity contribution is 0.474. The third-order valence-electron chi connectivity index (χ3n) is 3.38. The lowest BCUT2D eigenvalue weighted by Crippen LogP contribution is -2.17. The molecule has 0 spiro atoms. The summed E-state index contributed by atoms with van der Waals surface area (Å²) in [4.78, 5) is 0. The lowest BCUT2D eigenvalue weighted by atomic mass is 10.0. The van der Waals surface area contributed by atoms with E-state index >= 15 is 0 Å². The van der Waals surface area contributed by atoms with E-state index in [4.69, 9.17) is 4.42 Å². The fourth-order valence-electron chi connectivity index (χ4n) is 2.38. The molecule has 0 saturated heterocycles. The van der Waals surface area contributed by atoms with Gasteiger partial charge in [-0.15, -0.1) is 0 Å². The first-order valence-electron chi connectivity index (χ1n) is 6.41. The van der Waals surface area contributed by atoms with Gasteiger partial charge >= 0.3 is 0 Å². The Morgan fingerprint density at radius 1 is 1.10 bits per heavy atom. The van der Waals surface area contributed by atoms with E-state index in [2.05, 4.69) is 21.2 Å². The van der Waals surface area contributed by atoms with Crippen LogP contribution in [0.5, 0.6) is 0 Å². The largest absolute Gasteiger partial charge is 0.456 e. The predicted octanol–water partition coefficient (Wildman–Crippen LogP) is 4.78. The van der Waals surface area contributed by atoms with Crippen molar-refractivity contribution >= 4 is 26.9 Å². The van der Waals surface area contributed by atoms with Gasteiger partial charge in [-0.25, -0.2) is 8.78 Å². The van der Waals surface area contributed by atoms with Gasteiger partial charge in [-0.1, -0.05) is 24.3 Å². The van der Waals surface area contributed by atoms with E-state index in [0.717, 1.165) is 0 Å². The zero-order valence-corrected chi connectivity index (χ0v) is 12.7. The molecule has 0 radical (unpaired) electrons. The first kappa shape index (κ1) is 14.2. The molecule has 1 aromatic heterocycles. The normalized spacial score (nSPS) is 12.8. The van der Waals surface area contributed by atoms with Crippen LogP contribution in [0.15, 0.2) is 51.4 Å². The van der Waals surface area contributed by atoms with Gasteiger partial charge in [-0.3, -0.25) is 0 Å². The summed E-state index contributed by atoms with van der Waals surface area (Å²) in [5.41, 5.74) is 0.900. The van der Waals surface area contributed by atoms with Crippen LogP contribution >= 0.6 is 15.9 Å². The fourth-order valence-corrected chi connectivity index (χ4v) is 2.88. The molecule has 2 nitrogen and oxygen atoms in total. The molecule has 0 bridgehead atoms. The van der Waals surface area contributed by atoms with E-state index < -0.39 is 5.82 Å². The van der Waals surface area contributed by atoms with Gasteiger partial charge in [0.2, 0.25) is 0 Å². The van der Waals surface area contributed by atoms with E-state index in [1.54, 1.807) is 37.4 Å². The number of fused-ring (bicyclic) bond motifs is 1. The van der Waals surface area contributed by atoms with Gasteiger partial charge < -0.3 is 9.73 Å². The van der Waals surface area contributed by atoms with E-state index in [1.165, 1.54) is 12.1 Å². The van der Waals surface area contributed by atoms with Gasteiger partial charge in [0, 0.05) is 5.39 Å². The Labute approximate surface area is 128 Å². The number of rotatable bonds is 3. The Kier molecular flexibility index (Phi) is 3.78. The van der Waals surface area contributed by atoms with Crippen molar-refractivity contribution in [1.29, 1.82) is 0 Å². The molecule has 5 heteroatoms. The van der Waals surface area contributed by atoms with Crippen LogP contribution in [0.3, 0.4) is 0 Å². The number of benzene rings is 2. The minimum atomic E-state index is -0.410. The molecule has 1 N–H and O–H groups in total. The number of halogens is 3. The maximum absolute atomic E-state index is 13.7. The second-order valence-electron chi connectivity index (χ2n) is 4.67. The molecule has 0 saturated carbocycles. The number of para-hydroxylation sites is 1. The van der Waals surface area contributed by atoms with Crippen LogP contribution < -0.4 is 5.32 Å². The summed E-state index contributed by atoms with van der Waals surface area (Å²) in [6.07, 6.45) is 0. The number of nitrogens with one attached hydrogen (secondary N) is 1. The Bertz CT molecular complexity index is 800. The molecule has 1 atom stereocenters. The van der Waals surface area contributed by atoms with Gasteiger partial charge in [0.1, 0.15) is 11.6 Å². The van der Waals surface area contributed by atoms with E-state index in [0.29, 0.717) is 21.2 Å². The third kappa shape index (κ3) is 2.47. The highest BCUT2D eigenvalue weighted by Gasteiger charge is 2.21. The molecular formula is C16H12BrF2NO. The maximum atomic E-state index is 13.7. The summed E-state index contributed by atoms with van der Waals surface area (Å²) in [5, 5.41) is 3.75. The van der Waals surface area contributed by atoms with Crippen LogP contribution in [0.2, 0.25) is 0 Å². The first-order valence-corrected chi connectivity index (χ1v) is 7.20. The van der Waals surface area contributed by atoms with E-state index in [9.17, 15) is 8.78 Å². The summed E-state index contributed by atoms with van der Waals surface area (Å²) < 4.78 is 33.4. The molecular weight excluding hydrogens is 340 g/mol. The Hall–Kier alpha value is -1.72. The van der Waals surface area contributed by atoms with Crippen molar-refractivity contribution in [3.63, 3.8) is 0 Å². The molecule has 3 aromatic rings. The second-order valence-corrected chi connectivity index (χ2v) is 5.46. The van der Waals surface area contributed by atoms with E-state index in [1.807, 2.05) is 0 Å². The molecule has 0 fully saturated rings. The Morgan fingerprint density at radius 2 is 1.81 bits per heavy atom. The molecule has 3 rings (SSSR count). The minimum Gasteiger partial charge on any atom is -0.456 e. The number of hydrogen-bond donors (Lipinski definition) is 1. The van der Waals surface area contributed by atoms with Gasteiger partial charge in [0.15, 0.2) is 11.4 Å². The third-order valence-corrected chi connectivity index (χ3v) is 4.22. The zero-order chi connectivity index (χ0) is 15.0. The summed E-state index contributed by atoms with van der Waals surface area (Å²) in [7, 11) is 1.74. The fraction of sp³-hybridized carbons (Fsp3) is 0.125. The van der Waals surface area contributed by atoms with Crippen molar-refractivity contribution in [1.82, 2.24) is 5.32 Å². The van der Waals surface area contributed by atoms with Gasteiger partial charge in [0.25, 0.3) is 0 Å². The molecule has 0 aliphatic heterocycles. The van der Waals surface area contributed by atoms with E-state index in [-0.39, 0.29) is 17.4 Å². The molecule has 1 heterocycles. The predicted molar refractivity (Wildman–Crippen MR) is 81.2 cm³/mol. The molecule has 0 aliphatic rings. The first-order chi connectivity index (χ1) is 10.1. The van der Waals surface area contributed by atoms with Crippen LogP contribution in [0.4, 0.5) is 8.78 Å². The number of hydrogen-bond acceptors (Lipinski definition) is 2. The highest BCUT2D eigenvalue weighted by atomic mass is 79.9. The average Bonchev–Trinajstić information content (AvgIpc) is 2.89. The van der Waals surface area contributed by atoms with Crippen molar-refractivity contribution in [3.05, 3.63) is 69.9 Å². The topological polar surface area (TPSA) is 25.2 Å². The van der Waals surface area contributed by atoms with Crippen LogP contribution in [-0.4, -0.2) is 7.05 Å². The monoisotopic (exact) mass is 351 g/mol. The molecule has 0 aliphatic carbocycles. The SMILES string of the molecule is CNC(c1cc2cccc(F)c2o1)c1cccc(F)c1Br. The quantitative estimate of drug-likeness (QED) is 0.734. The summed E-state index contributed by atoms with van der Waals surface area (Å²) in [6.45, 7) is 0. The zero-order valence-electron chi connectivity index (χ0n) is 11.2. The standard InChI is InChI=1S/C16H12BrF2NO/c1-20-15(10-5-3-6-11(18)14(10)17)13-8-9-4-2-7-12(19)16(9)21-13/h2-8,15,20H,1H3. The minimum absolute atomic E-state index is 0.209. The highest BCUT2D eigenvalue weighted by molar-refractivity contribution is 9.10. The van der Waals surface area contributed by atoms with Crippen LogP contribution in [0.1, 0.15) is 17.4 Å². The van der Waals surface area contributed by atoms with Crippen molar-refractivity contribution < 1.29 is 13.2 Å². The van der Waals surface area contributed by atoms with Crippen LogP contribution in [-0.2, 0) is 0 Å². The van der Waals surface area contributed by atoms with Crippen LogP contribution in [0.25, 0.3) is 11.0 Å². The average molecular weight is 352 g/mol. The Morgan fingerprint density at radius 3 is 2.52 bits per heavy atom. The second kappa shape index (κ2) is 5.58. The molecule has 1 unspecified atom stereocenters. The molecule has 0 amide bonds. The highest BCUT2D eigenvalue weighted by Crippen LogP contribution is 2.33. The van der Waals surface area contributed by atoms with Crippen molar-refractivity contribution in [2.24, 2.45) is 0 Å². The van der Waals surface area contributed by atoms with Crippen LogP contribution in [0, 0.1) is 11.6 Å². The van der Waals surface area contributed by atoms with Gasteiger partial charge in [-0.05, 0) is 46.7 Å². The molecule has 108 valence electrons.